The lowest BCUT2D eigenvalue weighted by Crippen LogP contribution is -2.44. The van der Waals surface area contributed by atoms with E-state index in [0.717, 1.165) is 37.7 Å². The van der Waals surface area contributed by atoms with Crippen LogP contribution in [0.25, 0.3) is 0 Å². The van der Waals surface area contributed by atoms with Gasteiger partial charge < -0.3 is 10.2 Å². The van der Waals surface area contributed by atoms with Crippen LogP contribution in [0.4, 0.5) is 0 Å². The number of carbonyl (C=O) groups is 2. The smallest absolute Gasteiger partial charge is 0.314 e. The van der Waals surface area contributed by atoms with E-state index in [1.54, 1.807) is 0 Å². The topological polar surface area (TPSA) is 74.6 Å². The van der Waals surface area contributed by atoms with Crippen molar-refractivity contribution in [2.45, 2.75) is 50.4 Å². The van der Waals surface area contributed by atoms with E-state index in [-0.39, 0.29) is 18.8 Å². The molecule has 2 N–H and O–H groups in total. The van der Waals surface area contributed by atoms with Gasteiger partial charge >= 0.3 is 11.9 Å². The highest BCUT2D eigenvalue weighted by Gasteiger charge is 2.47. The molecule has 0 aromatic heterocycles. The van der Waals surface area contributed by atoms with Crippen molar-refractivity contribution in [3.8, 4) is 0 Å². The minimum atomic E-state index is -1.07. The summed E-state index contributed by atoms with van der Waals surface area (Å²) in [5.41, 5.74) is -0.328. The predicted molar refractivity (Wildman–Crippen MR) is 79.2 cm³/mol. The zero-order valence-electron chi connectivity index (χ0n) is 12.1. The highest BCUT2D eigenvalue weighted by molar-refractivity contribution is 5.83. The van der Waals surface area contributed by atoms with Crippen molar-refractivity contribution in [1.29, 1.82) is 0 Å². The third kappa shape index (κ3) is 3.26. The third-order valence-corrected chi connectivity index (χ3v) is 4.71. The van der Waals surface area contributed by atoms with Gasteiger partial charge in [0.1, 0.15) is 0 Å². The van der Waals surface area contributed by atoms with Crippen molar-refractivity contribution >= 4 is 11.9 Å². The molecule has 114 valence electrons. The zero-order valence-corrected chi connectivity index (χ0v) is 12.1. The molecule has 1 fully saturated rings. The van der Waals surface area contributed by atoms with Gasteiger partial charge in [-0.3, -0.25) is 9.59 Å². The van der Waals surface area contributed by atoms with Gasteiger partial charge in [-0.2, -0.15) is 0 Å². The molecule has 1 aliphatic carbocycles. The molecule has 1 aliphatic rings. The first-order chi connectivity index (χ1) is 10.1. The van der Waals surface area contributed by atoms with Crippen LogP contribution in [-0.4, -0.2) is 22.2 Å². The zero-order chi connectivity index (χ0) is 15.3. The van der Waals surface area contributed by atoms with E-state index in [2.05, 4.69) is 0 Å². The molecule has 21 heavy (non-hydrogen) atoms. The lowest BCUT2D eigenvalue weighted by atomic mass is 9.63. The molecule has 1 atom stereocenters. The fraction of sp³-hybridized carbons (Fsp3) is 0.529. The van der Waals surface area contributed by atoms with Crippen LogP contribution in [0.15, 0.2) is 30.3 Å². The van der Waals surface area contributed by atoms with Gasteiger partial charge in [0.15, 0.2) is 0 Å². The average molecular weight is 290 g/mol. The van der Waals surface area contributed by atoms with Crippen molar-refractivity contribution in [2.24, 2.45) is 5.92 Å². The number of carboxylic acid groups (broad SMARTS) is 2. The Bertz CT molecular complexity index is 491. The summed E-state index contributed by atoms with van der Waals surface area (Å²) in [6, 6.07) is 9.16. The third-order valence-electron chi connectivity index (χ3n) is 4.71. The molecule has 0 aliphatic heterocycles. The standard InChI is InChI=1S/C17H22O4/c18-15(19)11-12-17(16(20)21,13-7-3-1-4-8-13)14-9-5-2-6-10-14/h1,3-4,7-8,14H,2,5-6,9-12H2,(H,18,19)(H,20,21). The first-order valence-corrected chi connectivity index (χ1v) is 7.58. The van der Waals surface area contributed by atoms with Crippen molar-refractivity contribution < 1.29 is 19.8 Å². The maximum absolute atomic E-state index is 12.1. The maximum atomic E-state index is 12.1. The number of carboxylic acids is 2. The molecule has 1 aromatic rings. The summed E-state index contributed by atoms with van der Waals surface area (Å²) in [5.74, 6) is -1.81. The molecule has 0 spiro atoms. The van der Waals surface area contributed by atoms with Gasteiger partial charge in [-0.25, -0.2) is 0 Å². The largest absolute Gasteiger partial charge is 0.481 e. The monoisotopic (exact) mass is 290 g/mol. The fourth-order valence-corrected chi connectivity index (χ4v) is 3.62. The Balaban J connectivity index is 2.42. The normalized spacial score (nSPS) is 18.9. The molecule has 0 amide bonds. The maximum Gasteiger partial charge on any atom is 0.314 e. The fourth-order valence-electron chi connectivity index (χ4n) is 3.62. The van der Waals surface area contributed by atoms with Gasteiger partial charge in [-0.1, -0.05) is 49.6 Å². The number of hydrogen-bond donors (Lipinski definition) is 2. The van der Waals surface area contributed by atoms with Gasteiger partial charge in [0.25, 0.3) is 0 Å². The lowest BCUT2D eigenvalue weighted by molar-refractivity contribution is -0.148. The summed E-state index contributed by atoms with van der Waals surface area (Å²) >= 11 is 0. The van der Waals surface area contributed by atoms with Crippen molar-refractivity contribution in [3.63, 3.8) is 0 Å². The van der Waals surface area contributed by atoms with Gasteiger partial charge in [0.2, 0.25) is 0 Å². The molecule has 0 bridgehead atoms. The molecule has 0 heterocycles. The highest BCUT2D eigenvalue weighted by Crippen LogP contribution is 2.44. The number of benzene rings is 1. The first-order valence-electron chi connectivity index (χ1n) is 7.58. The molecular weight excluding hydrogens is 268 g/mol. The van der Waals surface area contributed by atoms with E-state index in [4.69, 9.17) is 5.11 Å². The summed E-state index contributed by atoms with van der Waals surface area (Å²) in [6.07, 6.45) is 4.96. The Hall–Kier alpha value is -1.84. The van der Waals surface area contributed by atoms with Crippen LogP contribution >= 0.6 is 0 Å². The number of aliphatic carboxylic acids is 2. The second kappa shape index (κ2) is 6.74. The van der Waals surface area contributed by atoms with E-state index in [9.17, 15) is 14.7 Å². The van der Waals surface area contributed by atoms with Crippen LogP contribution in [0.5, 0.6) is 0 Å². The van der Waals surface area contributed by atoms with E-state index < -0.39 is 17.4 Å². The quantitative estimate of drug-likeness (QED) is 0.841. The Morgan fingerprint density at radius 3 is 2.19 bits per heavy atom. The molecule has 1 unspecified atom stereocenters. The van der Waals surface area contributed by atoms with Crippen LogP contribution < -0.4 is 0 Å². The van der Waals surface area contributed by atoms with Crippen LogP contribution in [0.3, 0.4) is 0 Å². The van der Waals surface area contributed by atoms with Crippen LogP contribution in [0, 0.1) is 5.92 Å². The summed E-state index contributed by atoms with van der Waals surface area (Å²) in [4.78, 5) is 23.1. The lowest BCUT2D eigenvalue weighted by Gasteiger charge is -2.39. The second-order valence-corrected chi connectivity index (χ2v) is 5.87. The minimum absolute atomic E-state index is 0.0190. The summed E-state index contributed by atoms with van der Waals surface area (Å²) in [7, 11) is 0. The van der Waals surface area contributed by atoms with Crippen molar-refractivity contribution in [1.82, 2.24) is 0 Å². The van der Waals surface area contributed by atoms with E-state index in [1.165, 1.54) is 0 Å². The Morgan fingerprint density at radius 1 is 1.05 bits per heavy atom. The Morgan fingerprint density at radius 2 is 1.67 bits per heavy atom. The van der Waals surface area contributed by atoms with Crippen LogP contribution in [0.2, 0.25) is 0 Å². The van der Waals surface area contributed by atoms with Gasteiger partial charge in [0.05, 0.1) is 5.41 Å². The summed E-state index contributed by atoms with van der Waals surface area (Å²) < 4.78 is 0. The molecule has 4 heteroatoms. The van der Waals surface area contributed by atoms with E-state index in [1.807, 2.05) is 30.3 Å². The summed E-state index contributed by atoms with van der Waals surface area (Å²) in [6.45, 7) is 0. The number of rotatable bonds is 6. The first kappa shape index (κ1) is 15.5. The van der Waals surface area contributed by atoms with E-state index >= 15 is 0 Å². The molecule has 0 radical (unpaired) electrons. The van der Waals surface area contributed by atoms with Crippen molar-refractivity contribution in [2.75, 3.05) is 0 Å². The Kier molecular flexibility index (Phi) is 4.99. The molecule has 1 saturated carbocycles. The van der Waals surface area contributed by atoms with Crippen molar-refractivity contribution in [3.05, 3.63) is 35.9 Å². The minimum Gasteiger partial charge on any atom is -0.481 e. The predicted octanol–water partition coefficient (Wildman–Crippen LogP) is 3.45. The molecule has 1 aromatic carbocycles. The Labute approximate surface area is 124 Å². The summed E-state index contributed by atoms with van der Waals surface area (Å²) in [5, 5.41) is 19.0. The number of hydrogen-bond acceptors (Lipinski definition) is 2. The molecule has 4 nitrogen and oxygen atoms in total. The molecule has 0 saturated heterocycles. The molecule has 2 rings (SSSR count). The second-order valence-electron chi connectivity index (χ2n) is 5.87. The van der Waals surface area contributed by atoms with E-state index in [0.29, 0.717) is 0 Å². The average Bonchev–Trinajstić information content (AvgIpc) is 2.49. The highest BCUT2D eigenvalue weighted by atomic mass is 16.4. The SMILES string of the molecule is O=C(O)CCC(C(=O)O)(c1ccccc1)C1CCCCC1. The van der Waals surface area contributed by atoms with Crippen LogP contribution in [0.1, 0.15) is 50.5 Å². The van der Waals surface area contributed by atoms with Gasteiger partial charge in [-0.05, 0) is 30.7 Å². The molecular formula is C17H22O4. The van der Waals surface area contributed by atoms with Gasteiger partial charge in [0, 0.05) is 6.42 Å². The van der Waals surface area contributed by atoms with Crippen LogP contribution in [-0.2, 0) is 15.0 Å². The van der Waals surface area contributed by atoms with Gasteiger partial charge in [-0.15, -0.1) is 0 Å².